The standard InChI is InChI=1S/C22H18BrNO3/c1-24(18-10-3-2-4-11-18)21(25)19-12-5-6-13-20(19)22(26)27-15-16-8-7-9-17(23)14-16/h2-14H,15H2,1H3. The third-order valence-electron chi connectivity index (χ3n) is 4.08. The third-order valence-corrected chi connectivity index (χ3v) is 4.58. The fourth-order valence-electron chi connectivity index (χ4n) is 2.65. The Bertz CT molecular complexity index is 957. The molecule has 3 aromatic carbocycles. The molecular weight excluding hydrogens is 406 g/mol. The van der Waals surface area contributed by atoms with E-state index in [9.17, 15) is 9.59 Å². The first-order valence-electron chi connectivity index (χ1n) is 8.40. The molecule has 27 heavy (non-hydrogen) atoms. The molecule has 0 heterocycles. The van der Waals surface area contributed by atoms with Gasteiger partial charge in [-0.3, -0.25) is 4.79 Å². The van der Waals surface area contributed by atoms with E-state index in [0.29, 0.717) is 5.56 Å². The van der Waals surface area contributed by atoms with Crippen molar-refractivity contribution in [2.75, 3.05) is 11.9 Å². The zero-order valence-electron chi connectivity index (χ0n) is 14.8. The van der Waals surface area contributed by atoms with Crippen LogP contribution in [0.2, 0.25) is 0 Å². The number of carbonyl (C=O) groups excluding carboxylic acids is 2. The number of hydrogen-bond donors (Lipinski definition) is 0. The van der Waals surface area contributed by atoms with Crippen LogP contribution in [-0.2, 0) is 11.3 Å². The maximum Gasteiger partial charge on any atom is 0.339 e. The second-order valence-electron chi connectivity index (χ2n) is 5.95. The fourth-order valence-corrected chi connectivity index (χ4v) is 3.10. The lowest BCUT2D eigenvalue weighted by molar-refractivity contribution is 0.0469. The molecule has 5 heteroatoms. The SMILES string of the molecule is CN(C(=O)c1ccccc1C(=O)OCc1cccc(Br)c1)c1ccccc1. The molecule has 0 N–H and O–H groups in total. The fraction of sp³-hybridized carbons (Fsp3) is 0.0909. The Balaban J connectivity index is 1.78. The molecule has 0 saturated carbocycles. The molecule has 0 aliphatic carbocycles. The molecule has 0 aliphatic rings. The van der Waals surface area contributed by atoms with E-state index in [1.165, 1.54) is 4.90 Å². The Morgan fingerprint density at radius 1 is 0.889 bits per heavy atom. The number of esters is 1. The van der Waals surface area contributed by atoms with Crippen LogP contribution in [0.25, 0.3) is 0 Å². The maximum absolute atomic E-state index is 12.9. The topological polar surface area (TPSA) is 46.6 Å². The second-order valence-corrected chi connectivity index (χ2v) is 6.87. The largest absolute Gasteiger partial charge is 0.457 e. The molecule has 3 rings (SSSR count). The van der Waals surface area contributed by atoms with E-state index in [-0.39, 0.29) is 18.1 Å². The average Bonchev–Trinajstić information content (AvgIpc) is 2.71. The minimum Gasteiger partial charge on any atom is -0.457 e. The van der Waals surface area contributed by atoms with Gasteiger partial charge in [0.1, 0.15) is 6.61 Å². The number of para-hydroxylation sites is 1. The summed E-state index contributed by atoms with van der Waals surface area (Å²) in [5.74, 6) is -0.795. The first kappa shape index (κ1) is 18.9. The van der Waals surface area contributed by atoms with Gasteiger partial charge in [-0.15, -0.1) is 0 Å². The zero-order chi connectivity index (χ0) is 19.2. The molecule has 136 valence electrons. The first-order valence-corrected chi connectivity index (χ1v) is 9.19. The minimum atomic E-state index is -0.527. The average molecular weight is 424 g/mol. The minimum absolute atomic E-state index is 0.134. The maximum atomic E-state index is 12.9. The summed E-state index contributed by atoms with van der Waals surface area (Å²) in [5, 5.41) is 0. The number of carbonyl (C=O) groups is 2. The molecule has 3 aromatic rings. The van der Waals surface area contributed by atoms with E-state index < -0.39 is 5.97 Å². The number of hydrogen-bond acceptors (Lipinski definition) is 3. The Morgan fingerprint density at radius 3 is 2.26 bits per heavy atom. The van der Waals surface area contributed by atoms with Crippen LogP contribution < -0.4 is 4.90 Å². The highest BCUT2D eigenvalue weighted by Crippen LogP contribution is 2.19. The lowest BCUT2D eigenvalue weighted by Gasteiger charge is -2.18. The summed E-state index contributed by atoms with van der Waals surface area (Å²) in [4.78, 5) is 27.0. The number of nitrogens with zero attached hydrogens (tertiary/aromatic N) is 1. The van der Waals surface area contributed by atoms with E-state index in [4.69, 9.17) is 4.74 Å². The van der Waals surface area contributed by atoms with Crippen molar-refractivity contribution in [3.8, 4) is 0 Å². The van der Waals surface area contributed by atoms with Gasteiger partial charge in [-0.2, -0.15) is 0 Å². The Kier molecular flexibility index (Phi) is 6.04. The van der Waals surface area contributed by atoms with E-state index in [1.54, 1.807) is 31.3 Å². The molecule has 4 nitrogen and oxygen atoms in total. The highest BCUT2D eigenvalue weighted by Gasteiger charge is 2.21. The van der Waals surface area contributed by atoms with Gasteiger partial charge in [0.15, 0.2) is 0 Å². The van der Waals surface area contributed by atoms with E-state index in [1.807, 2.05) is 54.6 Å². The van der Waals surface area contributed by atoms with Crippen LogP contribution in [0.4, 0.5) is 5.69 Å². The molecule has 0 spiro atoms. The van der Waals surface area contributed by atoms with Crippen molar-refractivity contribution in [1.82, 2.24) is 0 Å². The molecule has 0 unspecified atom stereocenters. The lowest BCUT2D eigenvalue weighted by Crippen LogP contribution is -2.28. The molecule has 0 fully saturated rings. The van der Waals surface area contributed by atoms with Crippen molar-refractivity contribution in [3.63, 3.8) is 0 Å². The summed E-state index contributed by atoms with van der Waals surface area (Å²) in [6, 6.07) is 23.5. The number of amides is 1. The summed E-state index contributed by atoms with van der Waals surface area (Å²) in [5.41, 5.74) is 2.17. The van der Waals surface area contributed by atoms with Crippen molar-refractivity contribution in [2.24, 2.45) is 0 Å². The van der Waals surface area contributed by atoms with Gasteiger partial charge >= 0.3 is 5.97 Å². The molecule has 0 atom stereocenters. The predicted molar refractivity (Wildman–Crippen MR) is 109 cm³/mol. The van der Waals surface area contributed by atoms with Gasteiger partial charge in [0.25, 0.3) is 5.91 Å². The number of anilines is 1. The van der Waals surface area contributed by atoms with Crippen LogP contribution in [-0.4, -0.2) is 18.9 Å². The third kappa shape index (κ3) is 4.63. The number of rotatable bonds is 5. The smallest absolute Gasteiger partial charge is 0.339 e. The van der Waals surface area contributed by atoms with Crippen LogP contribution in [0.1, 0.15) is 26.3 Å². The van der Waals surface area contributed by atoms with Gasteiger partial charge in [0.05, 0.1) is 11.1 Å². The molecule has 0 aliphatic heterocycles. The van der Waals surface area contributed by atoms with Crippen LogP contribution in [0.5, 0.6) is 0 Å². The van der Waals surface area contributed by atoms with Gasteiger partial charge in [0, 0.05) is 17.2 Å². The Morgan fingerprint density at radius 2 is 1.56 bits per heavy atom. The molecule has 0 radical (unpaired) electrons. The molecule has 0 saturated heterocycles. The van der Waals surface area contributed by atoms with Crippen LogP contribution in [0.3, 0.4) is 0 Å². The normalized spacial score (nSPS) is 10.3. The summed E-state index contributed by atoms with van der Waals surface area (Å²) in [6.45, 7) is 0.134. The summed E-state index contributed by atoms with van der Waals surface area (Å²) < 4.78 is 6.33. The summed E-state index contributed by atoms with van der Waals surface area (Å²) in [6.07, 6.45) is 0. The second kappa shape index (κ2) is 8.64. The van der Waals surface area contributed by atoms with Crippen LogP contribution in [0, 0.1) is 0 Å². The summed E-state index contributed by atoms with van der Waals surface area (Å²) in [7, 11) is 1.68. The molecule has 0 aromatic heterocycles. The van der Waals surface area contributed by atoms with E-state index >= 15 is 0 Å². The highest BCUT2D eigenvalue weighted by atomic mass is 79.9. The molecule has 0 bridgehead atoms. The van der Waals surface area contributed by atoms with Gasteiger partial charge in [-0.1, -0.05) is 58.4 Å². The summed E-state index contributed by atoms with van der Waals surface area (Å²) >= 11 is 3.39. The lowest BCUT2D eigenvalue weighted by atomic mass is 10.1. The number of ether oxygens (including phenoxy) is 1. The monoisotopic (exact) mass is 423 g/mol. The Hall–Kier alpha value is -2.92. The van der Waals surface area contributed by atoms with Gasteiger partial charge < -0.3 is 9.64 Å². The molecule has 1 amide bonds. The number of benzene rings is 3. The Labute approximate surface area is 166 Å². The first-order chi connectivity index (χ1) is 13.1. The van der Waals surface area contributed by atoms with Crippen LogP contribution >= 0.6 is 15.9 Å². The molecular formula is C22H18BrNO3. The quantitative estimate of drug-likeness (QED) is 0.537. The van der Waals surface area contributed by atoms with Gasteiger partial charge in [-0.25, -0.2) is 4.79 Å². The van der Waals surface area contributed by atoms with Crippen molar-refractivity contribution in [3.05, 3.63) is 100 Å². The van der Waals surface area contributed by atoms with Crippen molar-refractivity contribution >= 4 is 33.5 Å². The van der Waals surface area contributed by atoms with Crippen molar-refractivity contribution in [2.45, 2.75) is 6.61 Å². The number of halogens is 1. The van der Waals surface area contributed by atoms with E-state index in [2.05, 4.69) is 15.9 Å². The van der Waals surface area contributed by atoms with Crippen molar-refractivity contribution < 1.29 is 14.3 Å². The highest BCUT2D eigenvalue weighted by molar-refractivity contribution is 9.10. The van der Waals surface area contributed by atoms with Crippen LogP contribution in [0.15, 0.2) is 83.3 Å². The zero-order valence-corrected chi connectivity index (χ0v) is 16.3. The van der Waals surface area contributed by atoms with E-state index in [0.717, 1.165) is 15.7 Å². The van der Waals surface area contributed by atoms with Gasteiger partial charge in [-0.05, 0) is 42.0 Å². The van der Waals surface area contributed by atoms with Gasteiger partial charge in [0.2, 0.25) is 0 Å². The van der Waals surface area contributed by atoms with Crippen molar-refractivity contribution in [1.29, 1.82) is 0 Å². The predicted octanol–water partition coefficient (Wildman–Crippen LogP) is 5.08.